The Labute approximate surface area is 136 Å². The minimum Gasteiger partial charge on any atom is -0.370 e. The number of aromatic nitrogens is 3. The first kappa shape index (κ1) is 15.7. The fourth-order valence-electron chi connectivity index (χ4n) is 2.78. The summed E-state index contributed by atoms with van der Waals surface area (Å²) in [7, 11) is 0. The molecule has 2 aromatic rings. The second kappa shape index (κ2) is 7.37. The van der Waals surface area contributed by atoms with Crippen LogP contribution in [0.15, 0.2) is 36.7 Å². The molecule has 0 aromatic carbocycles. The molecule has 2 aromatic heterocycles. The third-order valence-electron chi connectivity index (χ3n) is 4.14. The first-order chi connectivity index (χ1) is 11.2. The van der Waals surface area contributed by atoms with Crippen molar-refractivity contribution in [1.82, 2.24) is 19.7 Å². The fraction of sp³-hybridized carbons (Fsp3) is 0.471. The Morgan fingerprint density at radius 2 is 2.26 bits per heavy atom. The van der Waals surface area contributed by atoms with Crippen LogP contribution in [-0.4, -0.2) is 44.8 Å². The average Bonchev–Trinajstić information content (AvgIpc) is 2.99. The normalized spacial score (nSPS) is 18.1. The predicted molar refractivity (Wildman–Crippen MR) is 85.6 cm³/mol. The van der Waals surface area contributed by atoms with Crippen molar-refractivity contribution in [2.75, 3.05) is 13.1 Å². The molecular weight excluding hydrogens is 292 g/mol. The minimum absolute atomic E-state index is 0.0772. The number of likely N-dealkylation sites (tertiary alicyclic amines) is 1. The smallest absolute Gasteiger partial charge is 0.244 e. The quantitative estimate of drug-likeness (QED) is 0.844. The molecule has 1 fully saturated rings. The molecular formula is C17H22N4O2. The molecule has 122 valence electrons. The molecule has 1 aliphatic rings. The highest BCUT2D eigenvalue weighted by Crippen LogP contribution is 2.15. The lowest BCUT2D eigenvalue weighted by Crippen LogP contribution is -2.44. The van der Waals surface area contributed by atoms with E-state index >= 15 is 0 Å². The van der Waals surface area contributed by atoms with Gasteiger partial charge in [-0.25, -0.2) is 0 Å². The van der Waals surface area contributed by atoms with Crippen molar-refractivity contribution in [3.05, 3.63) is 48.0 Å². The molecule has 0 radical (unpaired) electrons. The maximum absolute atomic E-state index is 12.4. The molecule has 23 heavy (non-hydrogen) atoms. The van der Waals surface area contributed by atoms with Crippen LogP contribution in [0.1, 0.15) is 24.2 Å². The van der Waals surface area contributed by atoms with E-state index < -0.39 is 0 Å². The summed E-state index contributed by atoms with van der Waals surface area (Å²) in [6.45, 7) is 4.18. The Morgan fingerprint density at radius 1 is 1.35 bits per heavy atom. The Balaban J connectivity index is 1.51. The molecule has 0 unspecified atom stereocenters. The molecule has 1 amide bonds. The number of piperidine rings is 1. The molecule has 3 heterocycles. The summed E-state index contributed by atoms with van der Waals surface area (Å²) < 4.78 is 7.67. The lowest BCUT2D eigenvalue weighted by Gasteiger charge is -2.32. The third kappa shape index (κ3) is 4.16. The van der Waals surface area contributed by atoms with Crippen molar-refractivity contribution < 1.29 is 9.53 Å². The molecule has 0 bridgehead atoms. The molecule has 6 nitrogen and oxygen atoms in total. The van der Waals surface area contributed by atoms with Crippen LogP contribution in [-0.2, 0) is 22.7 Å². The number of rotatable bonds is 5. The number of hydrogen-bond acceptors (Lipinski definition) is 4. The maximum Gasteiger partial charge on any atom is 0.244 e. The molecule has 6 heteroatoms. The summed E-state index contributed by atoms with van der Waals surface area (Å²) >= 11 is 0. The van der Waals surface area contributed by atoms with E-state index in [0.717, 1.165) is 30.8 Å². The number of carbonyl (C=O) groups excluding carboxylic acids is 1. The Kier molecular flexibility index (Phi) is 5.02. The number of amides is 1. The molecule has 1 aliphatic heterocycles. The maximum atomic E-state index is 12.4. The van der Waals surface area contributed by atoms with Crippen LogP contribution in [0, 0.1) is 6.92 Å². The van der Waals surface area contributed by atoms with Crippen LogP contribution in [0.5, 0.6) is 0 Å². The summed E-state index contributed by atoms with van der Waals surface area (Å²) in [5.74, 6) is 0.0999. The van der Waals surface area contributed by atoms with Gasteiger partial charge in [-0.1, -0.05) is 6.07 Å². The van der Waals surface area contributed by atoms with Gasteiger partial charge in [-0.2, -0.15) is 5.10 Å². The van der Waals surface area contributed by atoms with E-state index in [4.69, 9.17) is 4.74 Å². The van der Waals surface area contributed by atoms with Gasteiger partial charge in [-0.05, 0) is 38.0 Å². The fourth-order valence-corrected chi connectivity index (χ4v) is 2.78. The highest BCUT2D eigenvalue weighted by molar-refractivity contribution is 5.76. The van der Waals surface area contributed by atoms with E-state index in [1.165, 1.54) is 0 Å². The van der Waals surface area contributed by atoms with Crippen LogP contribution in [0.4, 0.5) is 0 Å². The lowest BCUT2D eigenvalue weighted by molar-refractivity contribution is -0.136. The summed E-state index contributed by atoms with van der Waals surface area (Å²) in [4.78, 5) is 18.6. The van der Waals surface area contributed by atoms with Gasteiger partial charge >= 0.3 is 0 Å². The van der Waals surface area contributed by atoms with E-state index in [2.05, 4.69) is 10.1 Å². The zero-order valence-electron chi connectivity index (χ0n) is 13.4. The Morgan fingerprint density at radius 3 is 3.00 bits per heavy atom. The predicted octanol–water partition coefficient (Wildman–Crippen LogP) is 1.79. The van der Waals surface area contributed by atoms with Gasteiger partial charge in [0.1, 0.15) is 6.54 Å². The number of carbonyl (C=O) groups is 1. The molecule has 1 atom stereocenters. The number of nitrogens with zero attached hydrogens (tertiary/aromatic N) is 4. The van der Waals surface area contributed by atoms with Gasteiger partial charge in [-0.3, -0.25) is 14.5 Å². The van der Waals surface area contributed by atoms with Crippen molar-refractivity contribution in [3.8, 4) is 0 Å². The van der Waals surface area contributed by atoms with E-state index in [1.54, 1.807) is 17.1 Å². The molecule has 1 saturated heterocycles. The second-order valence-corrected chi connectivity index (χ2v) is 5.87. The topological polar surface area (TPSA) is 60.2 Å². The van der Waals surface area contributed by atoms with Crippen LogP contribution < -0.4 is 0 Å². The molecule has 0 aliphatic carbocycles. The molecule has 0 N–H and O–H groups in total. The van der Waals surface area contributed by atoms with Gasteiger partial charge in [0.2, 0.25) is 5.91 Å². The van der Waals surface area contributed by atoms with Crippen molar-refractivity contribution >= 4 is 5.91 Å². The number of pyridine rings is 1. The molecule has 3 rings (SSSR count). The zero-order valence-corrected chi connectivity index (χ0v) is 13.4. The van der Waals surface area contributed by atoms with Gasteiger partial charge in [0, 0.05) is 31.2 Å². The average molecular weight is 314 g/mol. The summed E-state index contributed by atoms with van der Waals surface area (Å²) in [5, 5.41) is 4.18. The highest BCUT2D eigenvalue weighted by Gasteiger charge is 2.24. The highest BCUT2D eigenvalue weighted by atomic mass is 16.5. The van der Waals surface area contributed by atoms with Gasteiger partial charge in [0.25, 0.3) is 0 Å². The standard InChI is InChI=1S/C17H22N4O2/c1-14-7-9-19-21(14)12-17(22)20-10-4-6-16(11-20)23-13-15-5-2-3-8-18-15/h2-3,5,7-9,16H,4,6,10-13H2,1H3/t16-/m0/s1. The summed E-state index contributed by atoms with van der Waals surface area (Å²) in [5.41, 5.74) is 1.92. The Bertz CT molecular complexity index is 641. The SMILES string of the molecule is Cc1ccnn1CC(=O)N1CCC[C@H](OCc2ccccn2)C1. The number of aryl methyl sites for hydroxylation is 1. The lowest BCUT2D eigenvalue weighted by atomic mass is 10.1. The molecule has 0 spiro atoms. The van der Waals surface area contributed by atoms with Crippen LogP contribution in [0.2, 0.25) is 0 Å². The largest absolute Gasteiger partial charge is 0.370 e. The second-order valence-electron chi connectivity index (χ2n) is 5.87. The molecule has 0 saturated carbocycles. The van der Waals surface area contributed by atoms with Crippen molar-refractivity contribution in [2.24, 2.45) is 0 Å². The van der Waals surface area contributed by atoms with Gasteiger partial charge in [0.05, 0.1) is 18.4 Å². The van der Waals surface area contributed by atoms with Gasteiger partial charge in [-0.15, -0.1) is 0 Å². The number of ether oxygens (including phenoxy) is 1. The van der Waals surface area contributed by atoms with Crippen molar-refractivity contribution in [2.45, 2.75) is 39.0 Å². The van der Waals surface area contributed by atoms with E-state index in [1.807, 2.05) is 36.1 Å². The third-order valence-corrected chi connectivity index (χ3v) is 4.14. The first-order valence-electron chi connectivity index (χ1n) is 8.00. The number of hydrogen-bond donors (Lipinski definition) is 0. The van der Waals surface area contributed by atoms with E-state index in [-0.39, 0.29) is 12.0 Å². The summed E-state index contributed by atoms with van der Waals surface area (Å²) in [6, 6.07) is 7.70. The van der Waals surface area contributed by atoms with E-state index in [0.29, 0.717) is 19.7 Å². The van der Waals surface area contributed by atoms with Crippen LogP contribution in [0.3, 0.4) is 0 Å². The monoisotopic (exact) mass is 314 g/mol. The van der Waals surface area contributed by atoms with Crippen LogP contribution >= 0.6 is 0 Å². The van der Waals surface area contributed by atoms with Crippen LogP contribution in [0.25, 0.3) is 0 Å². The first-order valence-corrected chi connectivity index (χ1v) is 8.00. The minimum atomic E-state index is 0.0772. The van der Waals surface area contributed by atoms with Crippen molar-refractivity contribution in [3.63, 3.8) is 0 Å². The zero-order chi connectivity index (χ0) is 16.1. The van der Waals surface area contributed by atoms with E-state index in [9.17, 15) is 4.79 Å². The van der Waals surface area contributed by atoms with Gasteiger partial charge < -0.3 is 9.64 Å². The summed E-state index contributed by atoms with van der Waals surface area (Å²) in [6.07, 6.45) is 5.52. The van der Waals surface area contributed by atoms with Gasteiger partial charge in [0.15, 0.2) is 0 Å². The Hall–Kier alpha value is -2.21. The van der Waals surface area contributed by atoms with Crippen molar-refractivity contribution in [1.29, 1.82) is 0 Å².